The summed E-state index contributed by atoms with van der Waals surface area (Å²) in [5.74, 6) is 0.128. The molecule has 116 valence electrons. The maximum absolute atomic E-state index is 12.2. The summed E-state index contributed by atoms with van der Waals surface area (Å²) in [6, 6.07) is -0.0362. The van der Waals surface area contributed by atoms with Gasteiger partial charge in [-0.15, -0.1) is 0 Å². The first-order valence-electron chi connectivity index (χ1n) is 7.88. The summed E-state index contributed by atoms with van der Waals surface area (Å²) >= 11 is 0. The molecule has 2 fully saturated rings. The lowest BCUT2D eigenvalue weighted by atomic mass is 9.74. The minimum Gasteiger partial charge on any atom is -0.383 e. The highest BCUT2D eigenvalue weighted by molar-refractivity contribution is 5.81. The minimum atomic E-state index is -0.0362. The molecule has 0 bridgehead atoms. The van der Waals surface area contributed by atoms with E-state index in [4.69, 9.17) is 4.74 Å². The van der Waals surface area contributed by atoms with Crippen molar-refractivity contribution in [3.63, 3.8) is 0 Å². The Morgan fingerprint density at radius 2 is 2.25 bits per heavy atom. The molecule has 2 N–H and O–H groups in total. The van der Waals surface area contributed by atoms with Crippen molar-refractivity contribution in [3.05, 3.63) is 0 Å². The van der Waals surface area contributed by atoms with E-state index in [9.17, 15) is 4.79 Å². The Hall–Kier alpha value is -0.650. The zero-order chi connectivity index (χ0) is 14.4. The average molecular weight is 283 g/mol. The minimum absolute atomic E-state index is 0.0362. The van der Waals surface area contributed by atoms with Gasteiger partial charge < -0.3 is 15.4 Å². The predicted molar refractivity (Wildman–Crippen MR) is 79.7 cm³/mol. The highest BCUT2D eigenvalue weighted by Gasteiger charge is 2.38. The highest BCUT2D eigenvalue weighted by Crippen LogP contribution is 2.36. The topological polar surface area (TPSA) is 53.6 Å². The molecule has 1 spiro atoms. The third kappa shape index (κ3) is 3.93. The van der Waals surface area contributed by atoms with E-state index in [-0.39, 0.29) is 11.9 Å². The Morgan fingerprint density at radius 3 is 2.95 bits per heavy atom. The fourth-order valence-electron chi connectivity index (χ4n) is 3.55. The van der Waals surface area contributed by atoms with Crippen LogP contribution in [-0.4, -0.2) is 63.3 Å². The van der Waals surface area contributed by atoms with Crippen LogP contribution >= 0.6 is 0 Å². The molecule has 5 heteroatoms. The quantitative estimate of drug-likeness (QED) is 0.726. The summed E-state index contributed by atoms with van der Waals surface area (Å²) in [7, 11) is 1.65. The molecule has 2 rings (SSSR count). The Morgan fingerprint density at radius 1 is 1.45 bits per heavy atom. The first-order chi connectivity index (χ1) is 9.67. The molecule has 2 atom stereocenters. The summed E-state index contributed by atoms with van der Waals surface area (Å²) in [5.41, 5.74) is 0.400. The molecule has 2 aliphatic rings. The maximum atomic E-state index is 12.2. The highest BCUT2D eigenvalue weighted by atomic mass is 16.5. The van der Waals surface area contributed by atoms with Gasteiger partial charge in [-0.25, -0.2) is 0 Å². The van der Waals surface area contributed by atoms with Crippen molar-refractivity contribution < 1.29 is 9.53 Å². The van der Waals surface area contributed by atoms with Crippen LogP contribution in [0.2, 0.25) is 0 Å². The van der Waals surface area contributed by atoms with Crippen LogP contribution in [0.25, 0.3) is 0 Å². The molecule has 2 saturated heterocycles. The number of ether oxygens (including phenoxy) is 1. The molecule has 1 amide bonds. The molecule has 5 nitrogen and oxygen atoms in total. The number of likely N-dealkylation sites (tertiary alicyclic amines) is 1. The van der Waals surface area contributed by atoms with E-state index in [2.05, 4.69) is 15.5 Å². The Kier molecular flexibility index (Phi) is 5.81. The van der Waals surface area contributed by atoms with Crippen molar-refractivity contribution in [3.8, 4) is 0 Å². The van der Waals surface area contributed by atoms with Gasteiger partial charge in [0.15, 0.2) is 0 Å². The molecule has 0 aromatic rings. The molecule has 0 aliphatic carbocycles. The molecule has 0 aromatic carbocycles. The van der Waals surface area contributed by atoms with Gasteiger partial charge in [-0.1, -0.05) is 0 Å². The van der Waals surface area contributed by atoms with Gasteiger partial charge in [0.2, 0.25) is 5.91 Å². The Balaban J connectivity index is 1.85. The zero-order valence-electron chi connectivity index (χ0n) is 12.9. The first-order valence-corrected chi connectivity index (χ1v) is 7.88. The predicted octanol–water partition coefficient (Wildman–Crippen LogP) is 0.603. The van der Waals surface area contributed by atoms with Gasteiger partial charge in [0.1, 0.15) is 0 Å². The molecule has 20 heavy (non-hydrogen) atoms. The molecule has 0 saturated carbocycles. The van der Waals surface area contributed by atoms with Gasteiger partial charge in [-0.2, -0.15) is 0 Å². The van der Waals surface area contributed by atoms with E-state index in [1.807, 2.05) is 6.92 Å². The molecular weight excluding hydrogens is 254 g/mol. The van der Waals surface area contributed by atoms with Crippen molar-refractivity contribution >= 4 is 5.91 Å². The van der Waals surface area contributed by atoms with E-state index < -0.39 is 0 Å². The number of piperidine rings is 2. The van der Waals surface area contributed by atoms with E-state index >= 15 is 0 Å². The summed E-state index contributed by atoms with van der Waals surface area (Å²) in [4.78, 5) is 14.5. The van der Waals surface area contributed by atoms with Crippen LogP contribution in [0.15, 0.2) is 0 Å². The summed E-state index contributed by atoms with van der Waals surface area (Å²) < 4.78 is 4.97. The van der Waals surface area contributed by atoms with Gasteiger partial charge in [0.25, 0.3) is 0 Å². The van der Waals surface area contributed by atoms with Gasteiger partial charge in [-0.3, -0.25) is 9.69 Å². The van der Waals surface area contributed by atoms with Crippen LogP contribution in [-0.2, 0) is 9.53 Å². The Bertz CT molecular complexity index is 311. The van der Waals surface area contributed by atoms with Gasteiger partial charge >= 0.3 is 0 Å². The molecular formula is C15H29N3O2. The van der Waals surface area contributed by atoms with Crippen molar-refractivity contribution in [1.29, 1.82) is 0 Å². The van der Waals surface area contributed by atoms with Crippen molar-refractivity contribution in [1.82, 2.24) is 15.5 Å². The number of nitrogens with one attached hydrogen (secondary N) is 2. The maximum Gasteiger partial charge on any atom is 0.237 e. The van der Waals surface area contributed by atoms with Crippen LogP contribution in [0, 0.1) is 5.41 Å². The summed E-state index contributed by atoms with van der Waals surface area (Å²) in [6.07, 6.45) is 5.07. The standard InChI is InChI=1S/C15H29N3O2/c1-13(14(19)17-8-10-20-2)18-9-4-6-15(12-18)5-3-7-16-11-15/h13,16H,3-12H2,1-2H3,(H,17,19). The van der Waals surface area contributed by atoms with Gasteiger partial charge in [0.05, 0.1) is 12.6 Å². The SMILES string of the molecule is COCCNC(=O)C(C)N1CCCC2(CCCNC2)C1. The molecule has 0 radical (unpaired) electrons. The monoisotopic (exact) mass is 283 g/mol. The van der Waals surface area contributed by atoms with E-state index in [1.54, 1.807) is 7.11 Å². The second-order valence-electron chi connectivity index (χ2n) is 6.31. The normalized spacial score (nSPS) is 29.3. The Labute approximate surface area is 122 Å². The second-order valence-corrected chi connectivity index (χ2v) is 6.31. The third-order valence-electron chi connectivity index (χ3n) is 4.78. The van der Waals surface area contributed by atoms with Gasteiger partial charge in [0, 0.05) is 26.7 Å². The summed E-state index contributed by atoms with van der Waals surface area (Å²) in [6.45, 7) is 7.56. The van der Waals surface area contributed by atoms with Gasteiger partial charge in [-0.05, 0) is 51.1 Å². The number of hydrogen-bond acceptors (Lipinski definition) is 4. The fourth-order valence-corrected chi connectivity index (χ4v) is 3.55. The van der Waals surface area contributed by atoms with E-state index in [0.717, 1.165) is 26.2 Å². The number of nitrogens with zero attached hydrogens (tertiary/aromatic N) is 1. The van der Waals surface area contributed by atoms with Crippen molar-refractivity contribution in [2.75, 3.05) is 46.4 Å². The first kappa shape index (κ1) is 15.7. The largest absolute Gasteiger partial charge is 0.383 e. The van der Waals surface area contributed by atoms with Crippen LogP contribution in [0.5, 0.6) is 0 Å². The molecule has 2 heterocycles. The van der Waals surface area contributed by atoms with Crippen LogP contribution < -0.4 is 10.6 Å². The van der Waals surface area contributed by atoms with E-state index in [1.165, 1.54) is 25.7 Å². The van der Waals surface area contributed by atoms with Crippen molar-refractivity contribution in [2.24, 2.45) is 5.41 Å². The number of hydrogen-bond donors (Lipinski definition) is 2. The third-order valence-corrected chi connectivity index (χ3v) is 4.78. The lowest BCUT2D eigenvalue weighted by molar-refractivity contribution is -0.127. The lowest BCUT2D eigenvalue weighted by Crippen LogP contribution is -2.56. The summed E-state index contributed by atoms with van der Waals surface area (Å²) in [5, 5.41) is 6.48. The lowest BCUT2D eigenvalue weighted by Gasteiger charge is -2.47. The van der Waals surface area contributed by atoms with Crippen LogP contribution in [0.3, 0.4) is 0 Å². The molecule has 2 unspecified atom stereocenters. The van der Waals surface area contributed by atoms with Crippen LogP contribution in [0.1, 0.15) is 32.6 Å². The van der Waals surface area contributed by atoms with Crippen molar-refractivity contribution in [2.45, 2.75) is 38.6 Å². The number of amides is 1. The zero-order valence-corrected chi connectivity index (χ0v) is 12.9. The smallest absolute Gasteiger partial charge is 0.237 e. The van der Waals surface area contributed by atoms with E-state index in [0.29, 0.717) is 18.6 Å². The molecule has 2 aliphatic heterocycles. The number of carbonyl (C=O) groups excluding carboxylic acids is 1. The number of rotatable bonds is 5. The average Bonchev–Trinajstić information content (AvgIpc) is 2.47. The number of methoxy groups -OCH3 is 1. The van der Waals surface area contributed by atoms with Crippen LogP contribution in [0.4, 0.5) is 0 Å². The fraction of sp³-hybridized carbons (Fsp3) is 0.933. The number of carbonyl (C=O) groups is 1. The molecule has 0 aromatic heterocycles. The second kappa shape index (κ2) is 7.38.